The fraction of sp³-hybridized carbons (Fsp3) is 0.818. The molecule has 1 atom stereocenters. The zero-order chi connectivity index (χ0) is 9.54. The van der Waals surface area contributed by atoms with Gasteiger partial charge in [0.25, 0.3) is 0 Å². The lowest BCUT2D eigenvalue weighted by Crippen LogP contribution is -2.18. The van der Waals surface area contributed by atoms with Gasteiger partial charge in [0.2, 0.25) is 0 Å². The molecule has 14 heavy (non-hydrogen) atoms. The summed E-state index contributed by atoms with van der Waals surface area (Å²) in [5.41, 5.74) is 0. The molecule has 1 aromatic rings. The number of nitrogens with zero attached hydrogens (tertiary/aromatic N) is 3. The van der Waals surface area contributed by atoms with E-state index in [4.69, 9.17) is 0 Å². The molecule has 0 saturated heterocycles. The van der Waals surface area contributed by atoms with E-state index in [9.17, 15) is 0 Å². The van der Waals surface area contributed by atoms with Gasteiger partial charge in [-0.15, -0.1) is 0 Å². The van der Waals surface area contributed by atoms with Crippen molar-refractivity contribution in [3.05, 3.63) is 11.6 Å². The van der Waals surface area contributed by atoms with Crippen molar-refractivity contribution >= 4 is 0 Å². The minimum atomic E-state index is 0.684. The van der Waals surface area contributed by atoms with Crippen molar-refractivity contribution in [2.24, 2.45) is 5.92 Å². The maximum Gasteiger partial charge on any atom is 0.154 e. The largest absolute Gasteiger partial charge is 0.250 e. The van der Waals surface area contributed by atoms with E-state index in [1.807, 2.05) is 0 Å². The lowest BCUT2D eigenvalue weighted by atomic mass is 9.85. The summed E-state index contributed by atoms with van der Waals surface area (Å²) >= 11 is 0. The Morgan fingerprint density at radius 3 is 2.86 bits per heavy atom. The monoisotopic (exact) mass is 191 g/mol. The van der Waals surface area contributed by atoms with Crippen LogP contribution in [0.5, 0.6) is 0 Å². The first-order valence-corrected chi connectivity index (χ1v) is 5.76. The van der Waals surface area contributed by atoms with E-state index in [0.717, 1.165) is 24.7 Å². The van der Waals surface area contributed by atoms with Gasteiger partial charge in [0.15, 0.2) is 5.82 Å². The van der Waals surface area contributed by atoms with Crippen LogP contribution in [0.2, 0.25) is 0 Å². The van der Waals surface area contributed by atoms with Crippen LogP contribution in [0.25, 0.3) is 0 Å². The Bertz CT molecular complexity index is 338. The first-order valence-electron chi connectivity index (χ1n) is 5.76. The van der Waals surface area contributed by atoms with Crippen LogP contribution < -0.4 is 0 Å². The van der Waals surface area contributed by atoms with Crippen LogP contribution in [0.4, 0.5) is 0 Å². The fourth-order valence-corrected chi connectivity index (χ4v) is 2.32. The van der Waals surface area contributed by atoms with Gasteiger partial charge < -0.3 is 0 Å². The third-order valence-electron chi connectivity index (χ3n) is 3.60. The van der Waals surface area contributed by atoms with E-state index in [1.165, 1.54) is 31.5 Å². The van der Waals surface area contributed by atoms with Gasteiger partial charge in [-0.1, -0.05) is 13.3 Å². The molecule has 2 heterocycles. The first kappa shape index (κ1) is 8.45. The van der Waals surface area contributed by atoms with Crippen LogP contribution in [0, 0.1) is 5.92 Å². The highest BCUT2D eigenvalue weighted by atomic mass is 15.4. The third-order valence-corrected chi connectivity index (χ3v) is 3.60. The molecule has 3 nitrogen and oxygen atoms in total. The van der Waals surface area contributed by atoms with Crippen molar-refractivity contribution in [3.8, 4) is 0 Å². The Kier molecular flexibility index (Phi) is 1.85. The van der Waals surface area contributed by atoms with E-state index >= 15 is 0 Å². The lowest BCUT2D eigenvalue weighted by molar-refractivity contribution is 0.377. The maximum atomic E-state index is 4.68. The molecule has 0 amide bonds. The van der Waals surface area contributed by atoms with E-state index < -0.39 is 0 Å². The van der Waals surface area contributed by atoms with Gasteiger partial charge >= 0.3 is 0 Å². The third kappa shape index (κ3) is 1.26. The Hall–Kier alpha value is -0.860. The zero-order valence-corrected chi connectivity index (χ0v) is 8.74. The highest BCUT2D eigenvalue weighted by Gasteiger charge is 2.26. The standard InChI is InChI=1S/C11H17N3/c1-8-5-6-14-10(7-8)12-11(13-14)9-3-2-4-9/h8-9H,2-7H2,1H3. The summed E-state index contributed by atoms with van der Waals surface area (Å²) in [6, 6.07) is 0. The average Bonchev–Trinajstić information content (AvgIpc) is 2.43. The van der Waals surface area contributed by atoms with Gasteiger partial charge in [0.1, 0.15) is 5.82 Å². The molecule has 1 saturated carbocycles. The number of aryl methyl sites for hydroxylation is 1. The van der Waals surface area contributed by atoms with Crippen LogP contribution in [0.1, 0.15) is 50.2 Å². The SMILES string of the molecule is CC1CCn2nc(C3CCC3)nc2C1. The fourth-order valence-electron chi connectivity index (χ4n) is 2.32. The van der Waals surface area contributed by atoms with Crippen LogP contribution in [-0.2, 0) is 13.0 Å². The van der Waals surface area contributed by atoms with Gasteiger partial charge in [-0.25, -0.2) is 9.67 Å². The second kappa shape index (κ2) is 3.07. The van der Waals surface area contributed by atoms with Crippen molar-refractivity contribution in [1.29, 1.82) is 0 Å². The molecule has 0 spiro atoms. The van der Waals surface area contributed by atoms with E-state index in [0.29, 0.717) is 5.92 Å². The minimum absolute atomic E-state index is 0.684. The van der Waals surface area contributed by atoms with Gasteiger partial charge in [-0.05, 0) is 25.2 Å². The predicted molar refractivity (Wildman–Crippen MR) is 54.1 cm³/mol. The molecule has 1 unspecified atom stereocenters. The summed E-state index contributed by atoms with van der Waals surface area (Å²) in [5, 5.41) is 4.61. The Morgan fingerprint density at radius 1 is 1.29 bits per heavy atom. The smallest absolute Gasteiger partial charge is 0.154 e. The zero-order valence-electron chi connectivity index (χ0n) is 8.74. The highest BCUT2D eigenvalue weighted by molar-refractivity contribution is 5.04. The molecule has 76 valence electrons. The average molecular weight is 191 g/mol. The van der Waals surface area contributed by atoms with Crippen molar-refractivity contribution in [1.82, 2.24) is 14.8 Å². The topological polar surface area (TPSA) is 30.7 Å². The van der Waals surface area contributed by atoms with Gasteiger partial charge in [-0.2, -0.15) is 5.10 Å². The van der Waals surface area contributed by atoms with Crippen LogP contribution in [-0.4, -0.2) is 14.8 Å². The molecule has 1 aromatic heterocycles. The molecule has 0 bridgehead atoms. The summed E-state index contributed by atoms with van der Waals surface area (Å²) < 4.78 is 2.13. The van der Waals surface area contributed by atoms with E-state index in [2.05, 4.69) is 21.7 Å². The predicted octanol–water partition coefficient (Wildman–Crippen LogP) is 2.13. The second-order valence-electron chi connectivity index (χ2n) is 4.84. The molecule has 2 aliphatic rings. The number of hydrogen-bond acceptors (Lipinski definition) is 2. The van der Waals surface area contributed by atoms with Crippen molar-refractivity contribution in [2.75, 3.05) is 0 Å². The number of aromatic nitrogens is 3. The molecular formula is C11H17N3. The van der Waals surface area contributed by atoms with E-state index in [-0.39, 0.29) is 0 Å². The molecule has 0 aromatic carbocycles. The van der Waals surface area contributed by atoms with Gasteiger partial charge in [0.05, 0.1) is 0 Å². The Morgan fingerprint density at radius 2 is 2.14 bits per heavy atom. The summed E-state index contributed by atoms with van der Waals surface area (Å²) in [6.45, 7) is 3.39. The van der Waals surface area contributed by atoms with Gasteiger partial charge in [0, 0.05) is 18.9 Å². The molecular weight excluding hydrogens is 174 g/mol. The summed E-state index contributed by atoms with van der Waals surface area (Å²) in [4.78, 5) is 4.68. The molecule has 1 aliphatic carbocycles. The summed E-state index contributed by atoms with van der Waals surface area (Å²) in [5.74, 6) is 3.83. The summed E-state index contributed by atoms with van der Waals surface area (Å²) in [7, 11) is 0. The molecule has 3 rings (SSSR count). The van der Waals surface area contributed by atoms with Crippen LogP contribution in [0.3, 0.4) is 0 Å². The first-order chi connectivity index (χ1) is 6.83. The maximum absolute atomic E-state index is 4.68. The number of fused-ring (bicyclic) bond motifs is 1. The van der Waals surface area contributed by atoms with Crippen molar-refractivity contribution in [2.45, 2.75) is 51.5 Å². The molecule has 1 fully saturated rings. The summed E-state index contributed by atoms with van der Waals surface area (Å²) in [6.07, 6.45) is 6.36. The van der Waals surface area contributed by atoms with E-state index in [1.54, 1.807) is 0 Å². The quantitative estimate of drug-likeness (QED) is 0.680. The molecule has 0 radical (unpaired) electrons. The Labute approximate surface area is 84.5 Å². The second-order valence-corrected chi connectivity index (χ2v) is 4.84. The normalized spacial score (nSPS) is 27.1. The number of hydrogen-bond donors (Lipinski definition) is 0. The highest BCUT2D eigenvalue weighted by Crippen LogP contribution is 2.35. The van der Waals surface area contributed by atoms with Crippen molar-refractivity contribution in [3.63, 3.8) is 0 Å². The molecule has 3 heteroatoms. The van der Waals surface area contributed by atoms with Crippen LogP contribution >= 0.6 is 0 Å². The molecule has 1 aliphatic heterocycles. The Balaban J connectivity index is 1.87. The van der Waals surface area contributed by atoms with Crippen LogP contribution in [0.15, 0.2) is 0 Å². The number of rotatable bonds is 1. The van der Waals surface area contributed by atoms with Crippen molar-refractivity contribution < 1.29 is 0 Å². The minimum Gasteiger partial charge on any atom is -0.250 e. The van der Waals surface area contributed by atoms with Gasteiger partial charge in [-0.3, -0.25) is 0 Å². The lowest BCUT2D eigenvalue weighted by Gasteiger charge is -2.21. The molecule has 0 N–H and O–H groups in total.